The summed E-state index contributed by atoms with van der Waals surface area (Å²) in [4.78, 5) is 22.0. The van der Waals surface area contributed by atoms with E-state index < -0.39 is 4.92 Å². The number of hydrogen-bond acceptors (Lipinski definition) is 5. The highest BCUT2D eigenvalue weighted by atomic mass is 79.9. The van der Waals surface area contributed by atoms with Gasteiger partial charge in [0.1, 0.15) is 0 Å². The molecule has 0 spiro atoms. The standard InChI is InChI=1S/C14H10BrN3O3/c15-14(13(19)10-4-2-1-3-5-10)17-16-11-6-8-12(9-7-11)18(20)21/h1-9,16H/b17-14+. The third kappa shape index (κ3) is 3.96. The number of benzene rings is 2. The molecule has 0 aliphatic heterocycles. The molecule has 2 aromatic rings. The number of hydrazone groups is 1. The zero-order chi connectivity index (χ0) is 15.2. The second kappa shape index (κ2) is 6.76. The lowest BCUT2D eigenvalue weighted by Crippen LogP contribution is -2.09. The number of nitrogens with zero attached hydrogens (tertiary/aromatic N) is 2. The number of halogens is 1. The molecule has 0 saturated heterocycles. The molecule has 0 fully saturated rings. The van der Waals surface area contributed by atoms with Crippen LogP contribution in [-0.2, 0) is 0 Å². The number of carbonyl (C=O) groups is 1. The molecule has 0 bridgehead atoms. The highest BCUT2D eigenvalue weighted by Crippen LogP contribution is 2.15. The molecule has 0 atom stereocenters. The van der Waals surface area contributed by atoms with E-state index in [-0.39, 0.29) is 16.1 Å². The fourth-order valence-corrected chi connectivity index (χ4v) is 1.85. The molecule has 6 nitrogen and oxygen atoms in total. The molecule has 0 heterocycles. The predicted octanol–water partition coefficient (Wildman–Crippen LogP) is 3.60. The summed E-state index contributed by atoms with van der Waals surface area (Å²) in [5, 5.41) is 14.4. The number of rotatable bonds is 5. The number of non-ortho nitro benzene ring substituents is 1. The third-order valence-corrected chi connectivity index (χ3v) is 3.12. The largest absolute Gasteiger partial charge is 0.286 e. The Balaban J connectivity index is 2.06. The summed E-state index contributed by atoms with van der Waals surface area (Å²) in [7, 11) is 0. The molecule has 0 aliphatic rings. The van der Waals surface area contributed by atoms with Gasteiger partial charge < -0.3 is 0 Å². The van der Waals surface area contributed by atoms with Crippen molar-refractivity contribution in [2.45, 2.75) is 0 Å². The number of anilines is 1. The number of carbonyl (C=O) groups excluding carboxylic acids is 1. The molecule has 0 amide bonds. The Bertz CT molecular complexity index is 684. The Hall–Kier alpha value is -2.54. The molecule has 0 aliphatic carbocycles. The summed E-state index contributed by atoms with van der Waals surface area (Å²) in [6, 6.07) is 14.4. The van der Waals surface area contributed by atoms with Crippen LogP contribution < -0.4 is 5.43 Å². The highest BCUT2D eigenvalue weighted by molar-refractivity contribution is 9.19. The molecule has 21 heavy (non-hydrogen) atoms. The number of Topliss-reactive ketones (excluding diaryl/α,β-unsaturated/α-hetero) is 1. The Morgan fingerprint density at radius 3 is 2.29 bits per heavy atom. The lowest BCUT2D eigenvalue weighted by Gasteiger charge is -2.02. The minimum absolute atomic E-state index is 0.0102. The molecular formula is C14H10BrN3O3. The quantitative estimate of drug-likeness (QED) is 0.387. The van der Waals surface area contributed by atoms with Crippen molar-refractivity contribution in [3.05, 3.63) is 70.3 Å². The minimum Gasteiger partial charge on any atom is -0.286 e. The van der Waals surface area contributed by atoms with Gasteiger partial charge in [0, 0.05) is 17.7 Å². The van der Waals surface area contributed by atoms with Crippen molar-refractivity contribution in [3.8, 4) is 0 Å². The van der Waals surface area contributed by atoms with Crippen LogP contribution in [0.4, 0.5) is 11.4 Å². The number of ketones is 1. The summed E-state index contributed by atoms with van der Waals surface area (Å²) in [6.07, 6.45) is 0. The van der Waals surface area contributed by atoms with Crippen molar-refractivity contribution in [1.29, 1.82) is 0 Å². The predicted molar refractivity (Wildman–Crippen MR) is 83.9 cm³/mol. The second-order valence-electron chi connectivity index (χ2n) is 4.01. The average Bonchev–Trinajstić information content (AvgIpc) is 2.53. The average molecular weight is 348 g/mol. The molecule has 2 aromatic carbocycles. The van der Waals surface area contributed by atoms with E-state index in [9.17, 15) is 14.9 Å². The number of nitro groups is 1. The van der Waals surface area contributed by atoms with Gasteiger partial charge in [-0.05, 0) is 28.1 Å². The maximum Gasteiger partial charge on any atom is 0.269 e. The van der Waals surface area contributed by atoms with Gasteiger partial charge in [-0.3, -0.25) is 20.3 Å². The van der Waals surface area contributed by atoms with Crippen molar-refractivity contribution in [2.75, 3.05) is 5.43 Å². The lowest BCUT2D eigenvalue weighted by atomic mass is 10.1. The molecule has 0 saturated carbocycles. The molecule has 1 N–H and O–H groups in total. The van der Waals surface area contributed by atoms with Gasteiger partial charge in [-0.15, -0.1) is 0 Å². The zero-order valence-corrected chi connectivity index (χ0v) is 12.3. The monoisotopic (exact) mass is 347 g/mol. The summed E-state index contributed by atoms with van der Waals surface area (Å²) in [5.41, 5.74) is 3.70. The molecular weight excluding hydrogens is 338 g/mol. The summed E-state index contributed by atoms with van der Waals surface area (Å²) >= 11 is 3.10. The maximum absolute atomic E-state index is 12.0. The highest BCUT2D eigenvalue weighted by Gasteiger charge is 2.10. The molecule has 0 radical (unpaired) electrons. The molecule has 0 aromatic heterocycles. The minimum atomic E-state index is -0.484. The van der Waals surface area contributed by atoms with E-state index in [1.54, 1.807) is 24.3 Å². The van der Waals surface area contributed by atoms with E-state index in [4.69, 9.17) is 0 Å². The van der Waals surface area contributed by atoms with E-state index in [1.165, 1.54) is 24.3 Å². The van der Waals surface area contributed by atoms with Crippen LogP contribution in [0.1, 0.15) is 10.4 Å². The van der Waals surface area contributed by atoms with Gasteiger partial charge in [0.15, 0.2) is 4.62 Å². The zero-order valence-electron chi connectivity index (χ0n) is 10.7. The lowest BCUT2D eigenvalue weighted by molar-refractivity contribution is -0.384. The fraction of sp³-hybridized carbons (Fsp3) is 0. The van der Waals surface area contributed by atoms with Crippen LogP contribution in [0, 0.1) is 10.1 Å². The topological polar surface area (TPSA) is 84.6 Å². The van der Waals surface area contributed by atoms with Gasteiger partial charge in [-0.1, -0.05) is 30.3 Å². The van der Waals surface area contributed by atoms with Crippen LogP contribution in [0.5, 0.6) is 0 Å². The van der Waals surface area contributed by atoms with Gasteiger partial charge in [-0.25, -0.2) is 0 Å². The van der Waals surface area contributed by atoms with E-state index >= 15 is 0 Å². The first-order chi connectivity index (χ1) is 10.1. The van der Waals surface area contributed by atoms with Crippen LogP contribution in [0.15, 0.2) is 59.7 Å². The van der Waals surface area contributed by atoms with Crippen molar-refractivity contribution in [2.24, 2.45) is 5.10 Å². The number of nitro benzene ring substituents is 1. The first-order valence-electron chi connectivity index (χ1n) is 5.91. The Labute approximate surface area is 128 Å². The van der Waals surface area contributed by atoms with E-state index in [0.29, 0.717) is 11.3 Å². The Morgan fingerprint density at radius 1 is 1.10 bits per heavy atom. The maximum atomic E-state index is 12.0. The third-order valence-electron chi connectivity index (χ3n) is 2.58. The molecule has 7 heteroatoms. The first-order valence-corrected chi connectivity index (χ1v) is 6.70. The van der Waals surface area contributed by atoms with Crippen molar-refractivity contribution >= 4 is 37.7 Å². The van der Waals surface area contributed by atoms with Crippen molar-refractivity contribution in [3.63, 3.8) is 0 Å². The number of nitrogens with one attached hydrogen (secondary N) is 1. The SMILES string of the molecule is O=C(/C(Br)=N\Nc1ccc([N+](=O)[O-])cc1)c1ccccc1. The van der Waals surface area contributed by atoms with Gasteiger partial charge in [0.25, 0.3) is 5.69 Å². The number of hydrogen-bond donors (Lipinski definition) is 1. The molecule has 2 rings (SSSR count). The van der Waals surface area contributed by atoms with E-state index in [1.807, 2.05) is 6.07 Å². The van der Waals surface area contributed by atoms with Crippen molar-refractivity contribution < 1.29 is 9.72 Å². The van der Waals surface area contributed by atoms with Gasteiger partial charge >= 0.3 is 0 Å². The van der Waals surface area contributed by atoms with Crippen LogP contribution in [0.2, 0.25) is 0 Å². The smallest absolute Gasteiger partial charge is 0.269 e. The molecule has 0 unspecified atom stereocenters. The van der Waals surface area contributed by atoms with Crippen LogP contribution in [-0.4, -0.2) is 15.3 Å². The van der Waals surface area contributed by atoms with Gasteiger partial charge in [0.2, 0.25) is 5.78 Å². The first kappa shape index (κ1) is 14.9. The van der Waals surface area contributed by atoms with Gasteiger partial charge in [-0.2, -0.15) is 5.10 Å². The van der Waals surface area contributed by atoms with Crippen molar-refractivity contribution in [1.82, 2.24) is 0 Å². The second-order valence-corrected chi connectivity index (χ2v) is 4.76. The normalized spacial score (nSPS) is 11.0. The van der Waals surface area contributed by atoms with E-state index in [0.717, 1.165) is 0 Å². The Morgan fingerprint density at radius 2 is 1.71 bits per heavy atom. The van der Waals surface area contributed by atoms with Crippen LogP contribution >= 0.6 is 15.9 Å². The Kier molecular flexibility index (Phi) is 4.78. The molecule has 106 valence electrons. The van der Waals surface area contributed by atoms with Crippen LogP contribution in [0.3, 0.4) is 0 Å². The summed E-state index contributed by atoms with van der Waals surface area (Å²) in [6.45, 7) is 0. The van der Waals surface area contributed by atoms with E-state index in [2.05, 4.69) is 26.5 Å². The summed E-state index contributed by atoms with van der Waals surface area (Å²) in [5.74, 6) is -0.259. The summed E-state index contributed by atoms with van der Waals surface area (Å²) < 4.78 is 0.118. The van der Waals surface area contributed by atoms with Gasteiger partial charge in [0.05, 0.1) is 10.6 Å². The fourth-order valence-electron chi connectivity index (χ4n) is 1.53. The van der Waals surface area contributed by atoms with Crippen LogP contribution in [0.25, 0.3) is 0 Å².